The first-order valence-corrected chi connectivity index (χ1v) is 8.52. The molecular formula is C21H27NO3. The molecule has 0 fully saturated rings. The number of benzene rings is 2. The van der Waals surface area contributed by atoms with E-state index in [-0.39, 0.29) is 23.5 Å². The van der Waals surface area contributed by atoms with Gasteiger partial charge in [0.05, 0.1) is 5.56 Å². The summed E-state index contributed by atoms with van der Waals surface area (Å²) in [6, 6.07) is 11.2. The van der Waals surface area contributed by atoms with E-state index >= 15 is 0 Å². The Kier molecular flexibility index (Phi) is 5.51. The Balaban J connectivity index is 2.07. The van der Waals surface area contributed by atoms with Gasteiger partial charge in [-0.05, 0) is 42.5 Å². The van der Waals surface area contributed by atoms with Gasteiger partial charge in [0, 0.05) is 5.54 Å². The van der Waals surface area contributed by atoms with Crippen molar-refractivity contribution in [3.63, 3.8) is 0 Å². The van der Waals surface area contributed by atoms with Crippen LogP contribution in [0.25, 0.3) is 10.8 Å². The molecule has 0 aromatic heterocycles. The third-order valence-corrected chi connectivity index (χ3v) is 3.86. The van der Waals surface area contributed by atoms with Crippen LogP contribution in [-0.4, -0.2) is 24.3 Å². The third kappa shape index (κ3) is 5.31. The van der Waals surface area contributed by atoms with E-state index in [4.69, 9.17) is 4.74 Å². The Morgan fingerprint density at radius 3 is 2.40 bits per heavy atom. The number of hydrogen-bond acceptors (Lipinski definition) is 3. The van der Waals surface area contributed by atoms with E-state index in [2.05, 4.69) is 26.1 Å². The summed E-state index contributed by atoms with van der Waals surface area (Å²) < 4.78 is 5.63. The number of fused-ring (bicyclic) bond motifs is 1. The maximum absolute atomic E-state index is 12.3. The summed E-state index contributed by atoms with van der Waals surface area (Å²) in [6.45, 7) is 10.3. The molecule has 0 unspecified atom stereocenters. The predicted octanol–water partition coefficient (Wildman–Crippen LogP) is 4.36. The zero-order valence-electron chi connectivity index (χ0n) is 15.7. The molecule has 4 heteroatoms. The van der Waals surface area contributed by atoms with Crippen molar-refractivity contribution in [3.05, 3.63) is 42.0 Å². The Bertz CT molecular complexity index is 772. The van der Waals surface area contributed by atoms with Crippen molar-refractivity contribution in [2.24, 2.45) is 5.41 Å². The molecule has 2 rings (SSSR count). The summed E-state index contributed by atoms with van der Waals surface area (Å²) in [4.78, 5) is 23.7. The van der Waals surface area contributed by atoms with Gasteiger partial charge in [-0.1, -0.05) is 51.1 Å². The molecule has 0 saturated heterocycles. The van der Waals surface area contributed by atoms with Gasteiger partial charge in [0.15, 0.2) is 12.9 Å². The summed E-state index contributed by atoms with van der Waals surface area (Å²) in [5, 5.41) is 4.79. The van der Waals surface area contributed by atoms with Crippen molar-refractivity contribution >= 4 is 23.0 Å². The maximum atomic E-state index is 12.3. The molecule has 1 amide bonds. The number of aldehydes is 1. The average molecular weight is 341 g/mol. The maximum Gasteiger partial charge on any atom is 0.258 e. The molecule has 0 radical (unpaired) electrons. The lowest BCUT2D eigenvalue weighted by atomic mass is 9.82. The van der Waals surface area contributed by atoms with E-state index in [1.54, 1.807) is 6.07 Å². The fourth-order valence-corrected chi connectivity index (χ4v) is 3.45. The zero-order chi connectivity index (χ0) is 18.7. The lowest BCUT2D eigenvalue weighted by Gasteiger charge is -2.33. The minimum Gasteiger partial charge on any atom is -0.483 e. The summed E-state index contributed by atoms with van der Waals surface area (Å²) in [5.74, 6) is 0.233. The Morgan fingerprint density at radius 1 is 1.08 bits per heavy atom. The van der Waals surface area contributed by atoms with Gasteiger partial charge in [0.25, 0.3) is 5.91 Å². The normalized spacial score (nSPS) is 12.0. The first-order valence-electron chi connectivity index (χ1n) is 8.52. The molecule has 25 heavy (non-hydrogen) atoms. The fraction of sp³-hybridized carbons (Fsp3) is 0.429. The monoisotopic (exact) mass is 341 g/mol. The number of carbonyl (C=O) groups is 2. The van der Waals surface area contributed by atoms with Gasteiger partial charge < -0.3 is 10.1 Å². The third-order valence-electron chi connectivity index (χ3n) is 3.86. The van der Waals surface area contributed by atoms with Gasteiger partial charge in [-0.25, -0.2) is 0 Å². The topological polar surface area (TPSA) is 55.4 Å². The molecule has 0 aliphatic heterocycles. The molecule has 0 spiro atoms. The van der Waals surface area contributed by atoms with Crippen molar-refractivity contribution in [1.29, 1.82) is 0 Å². The standard InChI is InChI=1S/C21H27NO3/c1-20(2,3)14-21(4,5)22-19(24)13-25-18-11-10-15-8-6-7-9-16(15)17(18)12-23/h6-12H,13-14H2,1-5H3,(H,22,24). The molecule has 0 bridgehead atoms. The van der Waals surface area contributed by atoms with Crippen LogP contribution in [-0.2, 0) is 4.79 Å². The molecule has 0 heterocycles. The summed E-state index contributed by atoms with van der Waals surface area (Å²) >= 11 is 0. The second-order valence-electron chi connectivity index (χ2n) is 8.27. The lowest BCUT2D eigenvalue weighted by molar-refractivity contribution is -0.125. The van der Waals surface area contributed by atoms with Crippen molar-refractivity contribution in [2.75, 3.05) is 6.61 Å². The fourth-order valence-electron chi connectivity index (χ4n) is 3.45. The van der Waals surface area contributed by atoms with Crippen molar-refractivity contribution in [1.82, 2.24) is 5.32 Å². The van der Waals surface area contributed by atoms with Crippen LogP contribution in [0.3, 0.4) is 0 Å². The van der Waals surface area contributed by atoms with Gasteiger partial charge in [0.1, 0.15) is 5.75 Å². The zero-order valence-corrected chi connectivity index (χ0v) is 15.7. The largest absolute Gasteiger partial charge is 0.483 e. The van der Waals surface area contributed by atoms with Crippen LogP contribution in [0.2, 0.25) is 0 Å². The number of rotatable bonds is 6. The molecule has 0 atom stereocenters. The smallest absolute Gasteiger partial charge is 0.258 e. The minimum atomic E-state index is -0.324. The molecule has 0 aliphatic carbocycles. The Morgan fingerprint density at radius 2 is 1.76 bits per heavy atom. The van der Waals surface area contributed by atoms with Crippen LogP contribution in [0.4, 0.5) is 0 Å². The second-order valence-corrected chi connectivity index (χ2v) is 8.27. The molecule has 0 aliphatic rings. The average Bonchev–Trinajstić information content (AvgIpc) is 2.49. The lowest BCUT2D eigenvalue weighted by Crippen LogP contribution is -2.47. The number of hydrogen-bond donors (Lipinski definition) is 1. The van der Waals surface area contributed by atoms with Crippen LogP contribution in [0.1, 0.15) is 51.4 Å². The van der Waals surface area contributed by atoms with E-state index in [0.29, 0.717) is 11.3 Å². The first kappa shape index (κ1) is 19.0. The van der Waals surface area contributed by atoms with Gasteiger partial charge in [-0.15, -0.1) is 0 Å². The van der Waals surface area contributed by atoms with Crippen molar-refractivity contribution in [3.8, 4) is 5.75 Å². The first-order chi connectivity index (χ1) is 11.6. The molecule has 1 N–H and O–H groups in total. The van der Waals surface area contributed by atoms with E-state index in [0.717, 1.165) is 23.5 Å². The van der Waals surface area contributed by atoms with E-state index in [1.165, 1.54) is 0 Å². The van der Waals surface area contributed by atoms with Crippen LogP contribution in [0.5, 0.6) is 5.75 Å². The number of nitrogens with one attached hydrogen (secondary N) is 1. The van der Waals surface area contributed by atoms with Crippen LogP contribution >= 0.6 is 0 Å². The molecule has 4 nitrogen and oxygen atoms in total. The highest BCUT2D eigenvalue weighted by atomic mass is 16.5. The quantitative estimate of drug-likeness (QED) is 0.794. The van der Waals surface area contributed by atoms with Gasteiger partial charge >= 0.3 is 0 Å². The highest BCUT2D eigenvalue weighted by Gasteiger charge is 2.27. The molecule has 2 aromatic carbocycles. The highest BCUT2D eigenvalue weighted by Crippen LogP contribution is 2.28. The summed E-state index contributed by atoms with van der Waals surface area (Å²) in [5.41, 5.74) is 0.260. The molecule has 2 aromatic rings. The minimum absolute atomic E-state index is 0.112. The van der Waals surface area contributed by atoms with E-state index in [9.17, 15) is 9.59 Å². The SMILES string of the molecule is CC(C)(C)CC(C)(C)NC(=O)COc1ccc2ccccc2c1C=O. The number of amides is 1. The van der Waals surface area contributed by atoms with Gasteiger partial charge in [0.2, 0.25) is 0 Å². The summed E-state index contributed by atoms with van der Waals surface area (Å²) in [6.07, 6.45) is 1.63. The Hall–Kier alpha value is -2.36. The highest BCUT2D eigenvalue weighted by molar-refractivity contribution is 6.00. The Labute approximate surface area is 149 Å². The van der Waals surface area contributed by atoms with Crippen molar-refractivity contribution < 1.29 is 14.3 Å². The molecule has 134 valence electrons. The summed E-state index contributed by atoms with van der Waals surface area (Å²) in [7, 11) is 0. The van der Waals surface area contributed by atoms with Crippen LogP contribution in [0, 0.1) is 5.41 Å². The van der Waals surface area contributed by atoms with Crippen LogP contribution in [0.15, 0.2) is 36.4 Å². The van der Waals surface area contributed by atoms with Crippen molar-refractivity contribution in [2.45, 2.75) is 46.6 Å². The second kappa shape index (κ2) is 7.26. The number of carbonyl (C=O) groups excluding carboxylic acids is 2. The van der Waals surface area contributed by atoms with Gasteiger partial charge in [-0.2, -0.15) is 0 Å². The van der Waals surface area contributed by atoms with Gasteiger partial charge in [-0.3, -0.25) is 9.59 Å². The number of ether oxygens (including phenoxy) is 1. The van der Waals surface area contributed by atoms with E-state index < -0.39 is 0 Å². The van der Waals surface area contributed by atoms with E-state index in [1.807, 2.05) is 44.2 Å². The molecular weight excluding hydrogens is 314 g/mol. The molecule has 0 saturated carbocycles. The predicted molar refractivity (Wildman–Crippen MR) is 101 cm³/mol. The van der Waals surface area contributed by atoms with Crippen LogP contribution < -0.4 is 10.1 Å².